The highest BCUT2D eigenvalue weighted by atomic mass is 35.5. The standard InChI is InChI=1S/C23H21ClF3N5O3.C4H8O/c1-2-18(34)31-10-4-3-5-14(12-31)32-20-15(6-7-16(33)19(20)24)29-22(32)30-21(35)13-8-9-28-17(11-13)23(25,26)27;1-2-4-5-3-1/h2,6-9,11,14,33H,1,3-5,10,12H2,(H,29,30,35);1-4H2. The van der Waals surface area contributed by atoms with Crippen LogP contribution in [0.5, 0.6) is 5.75 Å². The average molecular weight is 580 g/mol. The largest absolute Gasteiger partial charge is 0.506 e. The minimum atomic E-state index is -4.71. The van der Waals surface area contributed by atoms with E-state index in [4.69, 9.17) is 16.3 Å². The number of rotatable bonds is 4. The van der Waals surface area contributed by atoms with E-state index in [1.807, 2.05) is 0 Å². The van der Waals surface area contributed by atoms with E-state index < -0.39 is 17.8 Å². The van der Waals surface area contributed by atoms with Gasteiger partial charge in [-0.25, -0.2) is 4.98 Å². The van der Waals surface area contributed by atoms with E-state index in [0.29, 0.717) is 30.1 Å². The lowest BCUT2D eigenvalue weighted by molar-refractivity contribution is -0.141. The monoisotopic (exact) mass is 579 g/mol. The van der Waals surface area contributed by atoms with Gasteiger partial charge in [0, 0.05) is 38.1 Å². The highest BCUT2D eigenvalue weighted by Crippen LogP contribution is 2.38. The zero-order valence-corrected chi connectivity index (χ0v) is 22.3. The summed E-state index contributed by atoms with van der Waals surface area (Å²) in [5, 5.41) is 12.8. The van der Waals surface area contributed by atoms with Crippen molar-refractivity contribution in [1.82, 2.24) is 19.4 Å². The molecule has 2 saturated heterocycles. The van der Waals surface area contributed by atoms with Crippen molar-refractivity contribution < 1.29 is 32.6 Å². The SMILES string of the molecule is C1CCOC1.C=CC(=O)N1CCCCC(n2c(NC(=O)c3ccnc(C(F)(F)F)c3)nc3ccc(O)c(Cl)c32)C1. The van der Waals surface area contributed by atoms with Gasteiger partial charge in [0.05, 0.1) is 17.1 Å². The molecule has 0 aliphatic carbocycles. The van der Waals surface area contributed by atoms with Crippen LogP contribution in [-0.2, 0) is 15.7 Å². The second-order valence-electron chi connectivity index (χ2n) is 9.41. The van der Waals surface area contributed by atoms with Crippen molar-refractivity contribution in [3.8, 4) is 5.75 Å². The Kier molecular flexibility index (Phi) is 9.31. The molecule has 214 valence electrons. The molecular weight excluding hydrogens is 551 g/mol. The normalized spacial score (nSPS) is 17.6. The Morgan fingerprint density at radius 3 is 2.58 bits per heavy atom. The van der Waals surface area contributed by atoms with Crippen molar-refractivity contribution in [1.29, 1.82) is 0 Å². The number of carbonyl (C=O) groups excluding carboxylic acids is 2. The fourth-order valence-corrected chi connectivity index (χ4v) is 4.90. The van der Waals surface area contributed by atoms with Gasteiger partial charge in [-0.15, -0.1) is 0 Å². The maximum Gasteiger partial charge on any atom is 0.433 e. The number of nitrogens with one attached hydrogen (secondary N) is 1. The van der Waals surface area contributed by atoms with Crippen LogP contribution in [0.4, 0.5) is 19.1 Å². The number of nitrogens with zero attached hydrogens (tertiary/aromatic N) is 4. The fourth-order valence-electron chi connectivity index (χ4n) is 4.65. The number of carbonyl (C=O) groups is 2. The molecule has 13 heteroatoms. The number of anilines is 1. The van der Waals surface area contributed by atoms with Gasteiger partial charge >= 0.3 is 6.18 Å². The molecule has 2 fully saturated rings. The first-order valence-corrected chi connectivity index (χ1v) is 13.2. The number of fused-ring (bicyclic) bond motifs is 1. The van der Waals surface area contributed by atoms with Gasteiger partial charge in [-0.3, -0.25) is 19.9 Å². The number of phenolic OH excluding ortho intramolecular Hbond substituents is 1. The highest BCUT2D eigenvalue weighted by Gasteiger charge is 2.33. The molecule has 2 N–H and O–H groups in total. The summed E-state index contributed by atoms with van der Waals surface area (Å²) in [5.74, 6) is -1.25. The Balaban J connectivity index is 0.000000666. The molecule has 0 radical (unpaired) electrons. The molecule has 3 aromatic rings. The summed E-state index contributed by atoms with van der Waals surface area (Å²) in [6, 6.07) is 4.29. The fraction of sp³-hybridized carbons (Fsp3) is 0.407. The quantitative estimate of drug-likeness (QED) is 0.390. The molecular formula is C27H29ClF3N5O4. The number of hydrogen-bond acceptors (Lipinski definition) is 6. The number of alkyl halides is 3. The van der Waals surface area contributed by atoms with Crippen LogP contribution in [0.1, 0.15) is 54.2 Å². The Morgan fingerprint density at radius 2 is 1.93 bits per heavy atom. The lowest BCUT2D eigenvalue weighted by Gasteiger charge is -2.26. The van der Waals surface area contributed by atoms with Crippen LogP contribution in [-0.4, -0.2) is 62.7 Å². The Labute approximate surface area is 233 Å². The number of pyridine rings is 1. The Morgan fingerprint density at radius 1 is 1.18 bits per heavy atom. The van der Waals surface area contributed by atoms with Crippen LogP contribution in [0.3, 0.4) is 0 Å². The first kappa shape index (κ1) is 29.3. The predicted molar refractivity (Wildman–Crippen MR) is 143 cm³/mol. The molecule has 1 unspecified atom stereocenters. The van der Waals surface area contributed by atoms with E-state index in [9.17, 15) is 27.9 Å². The van der Waals surface area contributed by atoms with Crippen LogP contribution >= 0.6 is 11.6 Å². The van der Waals surface area contributed by atoms with Crippen molar-refractivity contribution >= 4 is 40.4 Å². The topological polar surface area (TPSA) is 110 Å². The van der Waals surface area contributed by atoms with E-state index in [2.05, 4.69) is 21.9 Å². The number of aromatic hydroxyl groups is 1. The van der Waals surface area contributed by atoms with Crippen LogP contribution in [0.15, 0.2) is 43.1 Å². The minimum Gasteiger partial charge on any atom is -0.506 e. The van der Waals surface area contributed by atoms with E-state index in [1.165, 1.54) is 31.1 Å². The summed E-state index contributed by atoms with van der Waals surface area (Å²) in [4.78, 5) is 34.6. The van der Waals surface area contributed by atoms with E-state index in [1.54, 1.807) is 9.47 Å². The maximum atomic E-state index is 13.1. The van der Waals surface area contributed by atoms with Gasteiger partial charge < -0.3 is 19.3 Å². The third-order valence-electron chi connectivity index (χ3n) is 6.63. The zero-order chi connectivity index (χ0) is 28.9. The lowest BCUT2D eigenvalue weighted by atomic mass is 10.1. The summed E-state index contributed by atoms with van der Waals surface area (Å²) < 4.78 is 45.8. The van der Waals surface area contributed by atoms with Gasteiger partial charge in [-0.05, 0) is 62.4 Å². The Hall–Kier alpha value is -3.64. The summed E-state index contributed by atoms with van der Waals surface area (Å²) >= 11 is 6.40. The number of halogens is 4. The van der Waals surface area contributed by atoms with Gasteiger partial charge in [0.25, 0.3) is 5.91 Å². The van der Waals surface area contributed by atoms with Gasteiger partial charge in [-0.1, -0.05) is 18.2 Å². The molecule has 2 amide bonds. The summed E-state index contributed by atoms with van der Waals surface area (Å²) in [7, 11) is 0. The minimum absolute atomic E-state index is 0.00427. The third-order valence-corrected chi connectivity index (χ3v) is 7.01. The first-order valence-electron chi connectivity index (χ1n) is 12.8. The van der Waals surface area contributed by atoms with E-state index >= 15 is 0 Å². The van der Waals surface area contributed by atoms with Gasteiger partial charge in [0.1, 0.15) is 16.5 Å². The highest BCUT2D eigenvalue weighted by molar-refractivity contribution is 6.36. The number of amides is 2. The lowest BCUT2D eigenvalue weighted by Crippen LogP contribution is -2.34. The van der Waals surface area contributed by atoms with Gasteiger partial charge in [0.2, 0.25) is 11.9 Å². The molecule has 40 heavy (non-hydrogen) atoms. The number of imidazole rings is 1. The van der Waals surface area contributed by atoms with Crippen LogP contribution < -0.4 is 5.32 Å². The molecule has 1 aromatic carbocycles. The van der Waals surface area contributed by atoms with Crippen LogP contribution in [0.2, 0.25) is 5.02 Å². The van der Waals surface area contributed by atoms with Gasteiger partial charge in [0.15, 0.2) is 0 Å². The third kappa shape index (κ3) is 6.73. The molecule has 1 atom stereocenters. The number of phenols is 1. The van der Waals surface area contributed by atoms with Crippen molar-refractivity contribution in [2.75, 3.05) is 31.6 Å². The number of benzene rings is 1. The van der Waals surface area contributed by atoms with E-state index in [-0.39, 0.29) is 40.8 Å². The zero-order valence-electron chi connectivity index (χ0n) is 21.6. The smallest absolute Gasteiger partial charge is 0.433 e. The average Bonchev–Trinajstić information content (AvgIpc) is 3.57. The van der Waals surface area contributed by atoms with Crippen LogP contribution in [0, 0.1) is 0 Å². The first-order chi connectivity index (χ1) is 19.1. The number of ether oxygens (including phenoxy) is 1. The number of aromatic nitrogens is 3. The molecule has 9 nitrogen and oxygen atoms in total. The van der Waals surface area contributed by atoms with Crippen molar-refractivity contribution in [3.05, 3.63) is 59.4 Å². The number of hydrogen-bond donors (Lipinski definition) is 2. The second-order valence-corrected chi connectivity index (χ2v) is 9.79. The molecule has 0 spiro atoms. The second kappa shape index (κ2) is 12.7. The molecule has 0 saturated carbocycles. The molecule has 2 aromatic heterocycles. The number of likely N-dealkylation sites (tertiary alicyclic amines) is 1. The maximum absolute atomic E-state index is 13.1. The van der Waals surface area contributed by atoms with Crippen molar-refractivity contribution in [2.24, 2.45) is 0 Å². The molecule has 4 heterocycles. The van der Waals surface area contributed by atoms with Gasteiger partial charge in [-0.2, -0.15) is 13.2 Å². The predicted octanol–water partition coefficient (Wildman–Crippen LogP) is 5.60. The summed E-state index contributed by atoms with van der Waals surface area (Å²) in [5.41, 5.74) is -0.761. The molecule has 2 aliphatic rings. The molecule has 5 rings (SSSR count). The summed E-state index contributed by atoms with van der Waals surface area (Å²) in [6.45, 7) is 6.32. The van der Waals surface area contributed by atoms with Crippen molar-refractivity contribution in [2.45, 2.75) is 44.3 Å². The summed E-state index contributed by atoms with van der Waals surface area (Å²) in [6.07, 6.45) is 2.08. The van der Waals surface area contributed by atoms with Crippen molar-refractivity contribution in [3.63, 3.8) is 0 Å². The van der Waals surface area contributed by atoms with Crippen LogP contribution in [0.25, 0.3) is 11.0 Å². The van der Waals surface area contributed by atoms with E-state index in [0.717, 1.165) is 38.3 Å². The molecule has 0 bridgehead atoms. The Bertz CT molecular complexity index is 1380. The molecule has 2 aliphatic heterocycles.